The Labute approximate surface area is 128 Å². The Bertz CT molecular complexity index is 830. The lowest BCUT2D eigenvalue weighted by Crippen LogP contribution is -2.45. The van der Waals surface area contributed by atoms with E-state index >= 15 is 0 Å². The smallest absolute Gasteiger partial charge is 0.221 e. The first-order valence-corrected chi connectivity index (χ1v) is 7.01. The second-order valence-corrected chi connectivity index (χ2v) is 5.10. The van der Waals surface area contributed by atoms with Gasteiger partial charge in [-0.25, -0.2) is 4.98 Å². The Hall–Kier alpha value is -2.82. The molecule has 0 fully saturated rings. The van der Waals surface area contributed by atoms with Crippen LogP contribution in [-0.4, -0.2) is 24.7 Å². The predicted molar refractivity (Wildman–Crippen MR) is 85.3 cm³/mol. The Morgan fingerprint density at radius 1 is 1.32 bits per heavy atom. The summed E-state index contributed by atoms with van der Waals surface area (Å²) in [6.45, 7) is 2.04. The van der Waals surface area contributed by atoms with Gasteiger partial charge >= 0.3 is 0 Å². The summed E-state index contributed by atoms with van der Waals surface area (Å²) in [6.07, 6.45) is 6.13. The van der Waals surface area contributed by atoms with Crippen LogP contribution in [0.25, 0.3) is 23.4 Å². The molecule has 1 aliphatic rings. The van der Waals surface area contributed by atoms with Crippen molar-refractivity contribution < 1.29 is 9.53 Å². The van der Waals surface area contributed by atoms with Gasteiger partial charge in [0.25, 0.3) is 0 Å². The van der Waals surface area contributed by atoms with Gasteiger partial charge in [-0.2, -0.15) is 0 Å². The highest BCUT2D eigenvalue weighted by molar-refractivity contribution is 5.72. The van der Waals surface area contributed by atoms with Crippen molar-refractivity contribution in [2.75, 3.05) is 7.11 Å². The van der Waals surface area contributed by atoms with Crippen LogP contribution in [0.3, 0.4) is 0 Å². The number of methoxy groups -OCH3 is 1. The number of carbonyl (C=O) groups is 1. The fraction of sp³-hybridized carbons (Fsp3) is 0.176. The molecule has 5 heteroatoms. The zero-order chi connectivity index (χ0) is 15.5. The molecule has 0 radical (unpaired) electrons. The summed E-state index contributed by atoms with van der Waals surface area (Å²) in [4.78, 5) is 14.8. The summed E-state index contributed by atoms with van der Waals surface area (Å²) >= 11 is 0. The molecule has 2 heterocycles. The van der Waals surface area contributed by atoms with Crippen LogP contribution in [0.4, 0.5) is 0 Å². The molecule has 1 amide bonds. The third-order valence-electron chi connectivity index (χ3n) is 3.71. The summed E-state index contributed by atoms with van der Waals surface area (Å²) in [5.41, 5.74) is 3.16. The summed E-state index contributed by atoms with van der Waals surface area (Å²) in [6, 6.07) is 8.13. The normalized spacial score (nSPS) is 15.6. The van der Waals surface area contributed by atoms with Crippen molar-refractivity contribution in [2.24, 2.45) is 0 Å². The Balaban J connectivity index is 2.10. The number of benzene rings is 1. The number of hydrogen-bond donors (Lipinski definition) is 2. The van der Waals surface area contributed by atoms with Gasteiger partial charge in [0.1, 0.15) is 6.17 Å². The molecule has 0 spiro atoms. The third kappa shape index (κ3) is 2.53. The van der Waals surface area contributed by atoms with Crippen molar-refractivity contribution in [1.29, 1.82) is 0 Å². The van der Waals surface area contributed by atoms with Crippen LogP contribution >= 0.6 is 0 Å². The molecule has 1 aliphatic heterocycles. The van der Waals surface area contributed by atoms with Gasteiger partial charge in [0.15, 0.2) is 0 Å². The molecule has 22 heavy (non-hydrogen) atoms. The average Bonchev–Trinajstić information content (AvgIpc) is 2.54. The topological polar surface area (TPSA) is 63.2 Å². The number of hydrogen-bond acceptors (Lipinski definition) is 4. The molecule has 0 aliphatic carbocycles. The molecule has 0 saturated carbocycles. The lowest BCUT2D eigenvalue weighted by molar-refractivity contribution is -0.109. The predicted octanol–water partition coefficient (Wildman–Crippen LogP) is 0.259. The van der Waals surface area contributed by atoms with Gasteiger partial charge < -0.3 is 15.4 Å². The molecule has 1 aromatic heterocycles. The first-order chi connectivity index (χ1) is 10.7. The van der Waals surface area contributed by atoms with Crippen molar-refractivity contribution in [3.63, 3.8) is 0 Å². The average molecular weight is 295 g/mol. The van der Waals surface area contributed by atoms with Gasteiger partial charge in [0.05, 0.1) is 7.11 Å². The number of aromatic nitrogens is 1. The van der Waals surface area contributed by atoms with Crippen molar-refractivity contribution in [3.8, 4) is 17.0 Å². The molecule has 112 valence electrons. The second kappa shape index (κ2) is 5.89. The molecule has 2 N–H and O–H groups in total. The van der Waals surface area contributed by atoms with Gasteiger partial charge in [-0.15, -0.1) is 0 Å². The van der Waals surface area contributed by atoms with E-state index in [2.05, 4.69) is 21.7 Å². The van der Waals surface area contributed by atoms with E-state index in [1.165, 1.54) is 0 Å². The largest absolute Gasteiger partial charge is 0.481 e. The number of rotatable bonds is 4. The minimum atomic E-state index is -0.175. The zero-order valence-corrected chi connectivity index (χ0v) is 12.5. The quantitative estimate of drug-likeness (QED) is 0.794. The molecular formula is C17H17N3O2. The Morgan fingerprint density at radius 3 is 2.95 bits per heavy atom. The molecule has 1 unspecified atom stereocenters. The van der Waals surface area contributed by atoms with Crippen molar-refractivity contribution in [2.45, 2.75) is 13.1 Å². The number of amides is 1. The lowest BCUT2D eigenvalue weighted by Gasteiger charge is -2.16. The van der Waals surface area contributed by atoms with Crippen LogP contribution in [-0.2, 0) is 4.79 Å². The maximum absolute atomic E-state index is 10.5. The van der Waals surface area contributed by atoms with E-state index in [-0.39, 0.29) is 6.17 Å². The molecule has 5 nitrogen and oxygen atoms in total. The zero-order valence-electron chi connectivity index (χ0n) is 12.5. The van der Waals surface area contributed by atoms with Gasteiger partial charge in [0, 0.05) is 18.0 Å². The highest BCUT2D eigenvalue weighted by atomic mass is 16.5. The third-order valence-corrected chi connectivity index (χ3v) is 3.71. The maximum atomic E-state index is 10.5. The number of nitrogens with one attached hydrogen (secondary N) is 2. The van der Waals surface area contributed by atoms with Crippen molar-refractivity contribution in [3.05, 3.63) is 46.5 Å². The van der Waals surface area contributed by atoms with Gasteiger partial charge in [-0.1, -0.05) is 12.1 Å². The SMILES string of the molecule is COc1nccc(C)c1-c1ccc2c(c1)=CNC(NC=O)C=2. The van der Waals surface area contributed by atoms with Gasteiger partial charge in [-0.3, -0.25) is 4.79 Å². The van der Waals surface area contributed by atoms with Crippen LogP contribution in [0.15, 0.2) is 30.5 Å². The maximum Gasteiger partial charge on any atom is 0.221 e. The van der Waals surface area contributed by atoms with Crippen LogP contribution in [0, 0.1) is 6.92 Å². The van der Waals surface area contributed by atoms with Crippen molar-refractivity contribution in [1.82, 2.24) is 15.6 Å². The van der Waals surface area contributed by atoms with Crippen molar-refractivity contribution >= 4 is 18.7 Å². The number of pyridine rings is 1. The second-order valence-electron chi connectivity index (χ2n) is 5.10. The number of nitrogens with zero attached hydrogens (tertiary/aromatic N) is 1. The Kier molecular flexibility index (Phi) is 3.78. The molecular weight excluding hydrogens is 278 g/mol. The number of fused-ring (bicyclic) bond motifs is 1. The van der Waals surface area contributed by atoms with Crippen LogP contribution in [0.1, 0.15) is 5.56 Å². The number of ether oxygens (including phenoxy) is 1. The van der Waals surface area contributed by atoms with Gasteiger partial charge in [0.2, 0.25) is 12.3 Å². The summed E-state index contributed by atoms with van der Waals surface area (Å²) < 4.78 is 5.38. The minimum absolute atomic E-state index is 0.175. The van der Waals surface area contributed by atoms with Gasteiger partial charge in [-0.05, 0) is 46.7 Å². The standard InChI is InChI=1S/C17H17N3O2/c1-11-5-6-18-17(22-2)16(11)13-4-3-12-8-15(20-10-21)19-9-14(12)7-13/h3-10,15,19H,1-2H3,(H,20,21). The van der Waals surface area contributed by atoms with Crippen LogP contribution < -0.4 is 25.8 Å². The summed E-state index contributed by atoms with van der Waals surface area (Å²) in [5, 5.41) is 7.95. The van der Waals surface area contributed by atoms with E-state index < -0.39 is 0 Å². The highest BCUT2D eigenvalue weighted by Gasteiger charge is 2.11. The minimum Gasteiger partial charge on any atom is -0.481 e. The fourth-order valence-corrected chi connectivity index (χ4v) is 2.62. The summed E-state index contributed by atoms with van der Waals surface area (Å²) in [5.74, 6) is 0.619. The first-order valence-electron chi connectivity index (χ1n) is 7.01. The van der Waals surface area contributed by atoms with E-state index in [0.29, 0.717) is 12.3 Å². The van der Waals surface area contributed by atoms with Crippen LogP contribution in [0.5, 0.6) is 5.88 Å². The molecule has 0 saturated heterocycles. The van der Waals surface area contributed by atoms with E-state index in [1.807, 2.05) is 37.4 Å². The van der Waals surface area contributed by atoms with E-state index in [4.69, 9.17) is 4.74 Å². The molecule has 1 aromatic carbocycles. The lowest BCUT2D eigenvalue weighted by atomic mass is 10.00. The van der Waals surface area contributed by atoms with E-state index in [1.54, 1.807) is 13.3 Å². The fourth-order valence-electron chi connectivity index (χ4n) is 2.62. The number of carbonyl (C=O) groups excluding carboxylic acids is 1. The molecule has 2 aromatic rings. The molecule has 0 bridgehead atoms. The molecule has 3 rings (SSSR count). The highest BCUT2D eigenvalue weighted by Crippen LogP contribution is 2.29. The molecule has 1 atom stereocenters. The summed E-state index contributed by atoms with van der Waals surface area (Å²) in [7, 11) is 1.63. The monoisotopic (exact) mass is 295 g/mol. The van der Waals surface area contributed by atoms with Crippen LogP contribution in [0.2, 0.25) is 0 Å². The van der Waals surface area contributed by atoms with E-state index in [9.17, 15) is 4.79 Å². The van der Waals surface area contributed by atoms with E-state index in [0.717, 1.165) is 27.1 Å². The Morgan fingerprint density at radius 2 is 2.18 bits per heavy atom. The first kappa shape index (κ1) is 14.1. The number of aryl methyl sites for hydroxylation is 1.